The molecular weight excluding hydrogens is 300 g/mol. The zero-order valence-corrected chi connectivity index (χ0v) is 16.0. The first-order valence-corrected chi connectivity index (χ1v) is 11.3. The van der Waals surface area contributed by atoms with E-state index < -0.39 is 8.07 Å². The summed E-state index contributed by atoms with van der Waals surface area (Å²) in [6.07, 6.45) is 0. The van der Waals surface area contributed by atoms with Gasteiger partial charge in [-0.15, -0.1) is 0 Å². The van der Waals surface area contributed by atoms with Crippen LogP contribution in [0.2, 0.25) is 24.2 Å². The molecule has 0 saturated heterocycles. The van der Waals surface area contributed by atoms with E-state index in [9.17, 15) is 0 Å². The number of hydrogen-bond acceptors (Lipinski definition) is 4. The van der Waals surface area contributed by atoms with Crippen LogP contribution in [-0.4, -0.2) is 29.1 Å². The lowest BCUT2D eigenvalue weighted by molar-refractivity contribution is 0.911. The maximum Gasteiger partial charge on any atom is 0.0578 e. The molecule has 0 heterocycles. The largest absolute Gasteiger partial charge is 0.177 e. The second-order valence-corrected chi connectivity index (χ2v) is 13.9. The topological polar surface area (TPSA) is 0 Å². The molecule has 0 nitrogen and oxygen atoms in total. The molecule has 0 aliphatic rings. The molecule has 0 bridgehead atoms. The Labute approximate surface area is 131 Å². The number of hydrogen-bond donors (Lipinski definition) is 4. The average Bonchev–Trinajstić information content (AvgIpc) is 1.95. The molecule has 4 atom stereocenters. The maximum absolute atomic E-state index is 4.62. The van der Waals surface area contributed by atoms with Crippen molar-refractivity contribution < 1.29 is 0 Å². The van der Waals surface area contributed by atoms with Gasteiger partial charge in [0.05, 0.1) is 8.07 Å². The predicted molar refractivity (Wildman–Crippen MR) is 98.8 cm³/mol. The highest BCUT2D eigenvalue weighted by Crippen LogP contribution is 2.36. The lowest BCUT2D eigenvalue weighted by Crippen LogP contribution is -2.42. The Morgan fingerprint density at radius 3 is 0.882 bits per heavy atom. The van der Waals surface area contributed by atoms with Gasteiger partial charge in [0.2, 0.25) is 0 Å². The minimum absolute atomic E-state index is 0.480. The molecule has 0 aliphatic heterocycles. The van der Waals surface area contributed by atoms with Crippen molar-refractivity contribution in [2.24, 2.45) is 0 Å². The molecule has 0 spiro atoms. The van der Waals surface area contributed by atoms with Crippen molar-refractivity contribution in [3.63, 3.8) is 0 Å². The van der Waals surface area contributed by atoms with Gasteiger partial charge in [0.1, 0.15) is 0 Å². The van der Waals surface area contributed by atoms with Crippen LogP contribution in [0.15, 0.2) is 0 Å². The van der Waals surface area contributed by atoms with E-state index in [1.54, 1.807) is 0 Å². The Kier molecular flexibility index (Phi) is 9.55. The molecule has 0 N–H and O–H groups in total. The van der Waals surface area contributed by atoms with Gasteiger partial charge in [-0.1, -0.05) is 27.7 Å². The third kappa shape index (κ3) is 9.19. The van der Waals surface area contributed by atoms with Gasteiger partial charge in [0.25, 0.3) is 0 Å². The van der Waals surface area contributed by atoms with Crippen LogP contribution in [0.1, 0.15) is 27.7 Å². The van der Waals surface area contributed by atoms with Crippen LogP contribution in [0.5, 0.6) is 0 Å². The molecular formula is C12H28S4Si. The van der Waals surface area contributed by atoms with Crippen molar-refractivity contribution in [3.05, 3.63) is 0 Å². The Morgan fingerprint density at radius 1 is 0.588 bits per heavy atom. The van der Waals surface area contributed by atoms with Crippen LogP contribution in [0.4, 0.5) is 0 Å². The zero-order chi connectivity index (χ0) is 13.6. The van der Waals surface area contributed by atoms with Gasteiger partial charge in [0.15, 0.2) is 0 Å². The van der Waals surface area contributed by atoms with E-state index in [2.05, 4.69) is 78.2 Å². The van der Waals surface area contributed by atoms with Gasteiger partial charge in [-0.2, -0.15) is 50.5 Å². The molecule has 0 fully saturated rings. The molecule has 104 valence electrons. The van der Waals surface area contributed by atoms with Crippen LogP contribution >= 0.6 is 50.5 Å². The summed E-state index contributed by atoms with van der Waals surface area (Å²) in [5, 5.41) is 1.92. The highest BCUT2D eigenvalue weighted by molar-refractivity contribution is 7.82. The van der Waals surface area contributed by atoms with Gasteiger partial charge >= 0.3 is 0 Å². The lowest BCUT2D eigenvalue weighted by Gasteiger charge is -2.37. The Bertz CT molecular complexity index is 159. The van der Waals surface area contributed by atoms with Crippen molar-refractivity contribution in [2.45, 2.75) is 72.9 Å². The summed E-state index contributed by atoms with van der Waals surface area (Å²) in [5.41, 5.74) is 0. The molecule has 0 saturated carbocycles. The molecule has 5 heteroatoms. The van der Waals surface area contributed by atoms with Crippen LogP contribution in [-0.2, 0) is 0 Å². The second kappa shape index (κ2) is 8.72. The summed E-state index contributed by atoms with van der Waals surface area (Å²) >= 11 is 18.5. The molecule has 4 unspecified atom stereocenters. The second-order valence-electron chi connectivity index (χ2n) is 5.71. The fourth-order valence-corrected chi connectivity index (χ4v) is 13.7. The smallest absolute Gasteiger partial charge is 0.0578 e. The quantitative estimate of drug-likeness (QED) is 0.360. The van der Waals surface area contributed by atoms with Crippen LogP contribution in [0, 0.1) is 0 Å². The molecule has 0 amide bonds. The molecule has 0 radical (unpaired) electrons. The third-order valence-electron chi connectivity index (χ3n) is 2.91. The van der Waals surface area contributed by atoms with Crippen molar-refractivity contribution in [2.75, 3.05) is 0 Å². The van der Waals surface area contributed by atoms with E-state index in [4.69, 9.17) is 0 Å². The molecule has 0 aliphatic carbocycles. The summed E-state index contributed by atoms with van der Waals surface area (Å²) in [4.78, 5) is 0. The van der Waals surface area contributed by atoms with Gasteiger partial charge < -0.3 is 0 Å². The van der Waals surface area contributed by atoms with E-state index in [1.807, 2.05) is 0 Å². The summed E-state index contributed by atoms with van der Waals surface area (Å²) in [6, 6.07) is 5.04. The zero-order valence-electron chi connectivity index (χ0n) is 11.4. The van der Waals surface area contributed by atoms with E-state index >= 15 is 0 Å². The Morgan fingerprint density at radius 2 is 0.765 bits per heavy atom. The van der Waals surface area contributed by atoms with E-state index in [0.29, 0.717) is 21.0 Å². The Balaban J connectivity index is 4.89. The van der Waals surface area contributed by atoms with Crippen molar-refractivity contribution in [3.8, 4) is 0 Å². The van der Waals surface area contributed by atoms with Crippen molar-refractivity contribution >= 4 is 58.6 Å². The minimum atomic E-state index is -1.35. The number of rotatable bonds is 8. The van der Waals surface area contributed by atoms with E-state index in [1.165, 1.54) is 24.2 Å². The lowest BCUT2D eigenvalue weighted by atomic mass is 10.5. The molecule has 0 aromatic heterocycles. The first kappa shape index (κ1) is 18.6. The molecule has 0 aromatic carbocycles. The Hall–Kier alpha value is 1.62. The van der Waals surface area contributed by atoms with Crippen LogP contribution < -0.4 is 0 Å². The summed E-state index contributed by atoms with van der Waals surface area (Å²) in [5.74, 6) is 0. The first-order chi connectivity index (χ1) is 7.67. The highest BCUT2D eigenvalue weighted by Gasteiger charge is 2.36. The van der Waals surface area contributed by atoms with E-state index in [0.717, 1.165) is 0 Å². The SMILES string of the molecule is CC(S)C[Si](CC(C)S)(CC(C)S)CC(C)S. The van der Waals surface area contributed by atoms with Gasteiger partial charge in [-0.25, -0.2) is 0 Å². The maximum atomic E-state index is 4.62. The fraction of sp³-hybridized carbons (Fsp3) is 1.00. The monoisotopic (exact) mass is 328 g/mol. The molecule has 0 aromatic rings. The van der Waals surface area contributed by atoms with Gasteiger partial charge in [0, 0.05) is 0 Å². The minimum Gasteiger partial charge on any atom is -0.177 e. The normalized spacial score (nSPS) is 22.6. The standard InChI is InChI=1S/C12H28S4Si/c1-9(13)5-17(6-10(2)14,7-11(3)15)8-12(4)16/h9-16H,5-8H2,1-4H3. The van der Waals surface area contributed by atoms with Gasteiger partial charge in [-0.05, 0) is 45.2 Å². The van der Waals surface area contributed by atoms with Crippen LogP contribution in [0.3, 0.4) is 0 Å². The summed E-state index contributed by atoms with van der Waals surface area (Å²) in [6.45, 7) is 8.83. The molecule has 17 heavy (non-hydrogen) atoms. The van der Waals surface area contributed by atoms with Gasteiger partial charge in [-0.3, -0.25) is 0 Å². The number of thiol groups is 4. The van der Waals surface area contributed by atoms with E-state index in [-0.39, 0.29) is 0 Å². The highest BCUT2D eigenvalue weighted by atomic mass is 32.1. The summed E-state index contributed by atoms with van der Waals surface area (Å²) < 4.78 is 0. The first-order valence-electron chi connectivity index (χ1n) is 6.39. The predicted octanol–water partition coefficient (Wildman–Crippen LogP) is 4.71. The molecule has 0 rings (SSSR count). The van der Waals surface area contributed by atoms with Crippen molar-refractivity contribution in [1.29, 1.82) is 0 Å². The van der Waals surface area contributed by atoms with Crippen molar-refractivity contribution in [1.82, 2.24) is 0 Å². The summed E-state index contributed by atoms with van der Waals surface area (Å²) in [7, 11) is -1.35. The average molecular weight is 329 g/mol. The fourth-order valence-electron chi connectivity index (χ4n) is 3.01. The van der Waals surface area contributed by atoms with Crippen LogP contribution in [0.25, 0.3) is 0 Å². The third-order valence-corrected chi connectivity index (χ3v) is 10.9.